The van der Waals surface area contributed by atoms with E-state index in [1.165, 1.54) is 16.6 Å². The van der Waals surface area contributed by atoms with Crippen LogP contribution in [-0.2, 0) is 12.8 Å². The lowest BCUT2D eigenvalue weighted by atomic mass is 10.1. The molecule has 0 unspecified atom stereocenters. The van der Waals surface area contributed by atoms with Gasteiger partial charge in [0.05, 0.1) is 12.5 Å². The summed E-state index contributed by atoms with van der Waals surface area (Å²) in [5.74, 6) is 0. The second kappa shape index (κ2) is 3.78. The first kappa shape index (κ1) is 9.79. The summed E-state index contributed by atoms with van der Waals surface area (Å²) in [6, 6.07) is 8.56. The van der Waals surface area contributed by atoms with Crippen LogP contribution in [0.4, 0.5) is 0 Å². The lowest BCUT2D eigenvalue weighted by Crippen LogP contribution is -1.87. The molecule has 1 N–H and O–H groups in total. The molecule has 1 aromatic heterocycles. The molecule has 0 bridgehead atoms. The maximum absolute atomic E-state index is 8.81. The predicted molar refractivity (Wildman–Crippen MR) is 61.7 cm³/mol. The van der Waals surface area contributed by atoms with Crippen molar-refractivity contribution in [2.45, 2.75) is 26.7 Å². The molecule has 2 aromatic rings. The van der Waals surface area contributed by atoms with Gasteiger partial charge in [0, 0.05) is 16.6 Å². The summed E-state index contributed by atoms with van der Waals surface area (Å²) >= 11 is 0. The van der Waals surface area contributed by atoms with Gasteiger partial charge in [0.15, 0.2) is 0 Å². The molecular formula is C13H14N2. The topological polar surface area (TPSA) is 39.6 Å². The number of nitrogens with zero attached hydrogens (tertiary/aromatic N) is 1. The third-order valence-electron chi connectivity index (χ3n) is 2.76. The van der Waals surface area contributed by atoms with E-state index in [9.17, 15) is 0 Å². The van der Waals surface area contributed by atoms with Crippen LogP contribution in [0.3, 0.4) is 0 Å². The molecule has 0 radical (unpaired) electrons. The van der Waals surface area contributed by atoms with Gasteiger partial charge in [0.2, 0.25) is 0 Å². The van der Waals surface area contributed by atoms with Crippen LogP contribution in [0, 0.1) is 18.3 Å². The number of benzene rings is 1. The summed E-state index contributed by atoms with van der Waals surface area (Å²) in [6.07, 6.45) is 1.44. The van der Waals surface area contributed by atoms with Crippen LogP contribution in [0.2, 0.25) is 0 Å². The van der Waals surface area contributed by atoms with Crippen LogP contribution in [0.25, 0.3) is 10.9 Å². The molecule has 1 aromatic carbocycles. The number of H-pyrrole nitrogens is 1. The molecule has 0 spiro atoms. The molecule has 0 aliphatic carbocycles. The predicted octanol–water partition coefficient (Wildman–Crippen LogP) is 3.10. The van der Waals surface area contributed by atoms with Gasteiger partial charge in [0.25, 0.3) is 0 Å². The van der Waals surface area contributed by atoms with Crippen molar-refractivity contribution < 1.29 is 0 Å². The first-order valence-corrected chi connectivity index (χ1v) is 5.23. The number of fused-ring (bicyclic) bond motifs is 1. The zero-order valence-electron chi connectivity index (χ0n) is 9.09. The summed E-state index contributed by atoms with van der Waals surface area (Å²) in [5, 5.41) is 10.0. The van der Waals surface area contributed by atoms with Crippen molar-refractivity contribution in [1.29, 1.82) is 5.26 Å². The minimum atomic E-state index is 0.492. The van der Waals surface area contributed by atoms with E-state index >= 15 is 0 Å². The molecule has 0 fully saturated rings. The van der Waals surface area contributed by atoms with Crippen molar-refractivity contribution in [3.8, 4) is 6.07 Å². The lowest BCUT2D eigenvalue weighted by molar-refractivity contribution is 1.04. The van der Waals surface area contributed by atoms with Crippen molar-refractivity contribution in [2.24, 2.45) is 0 Å². The molecule has 0 atom stereocenters. The Labute approximate surface area is 89.5 Å². The Kier molecular flexibility index (Phi) is 2.47. The summed E-state index contributed by atoms with van der Waals surface area (Å²) in [6.45, 7) is 4.19. The molecule has 0 aliphatic rings. The van der Waals surface area contributed by atoms with Gasteiger partial charge in [0.1, 0.15) is 0 Å². The quantitative estimate of drug-likeness (QED) is 0.791. The molecule has 2 rings (SSSR count). The second-order valence-corrected chi connectivity index (χ2v) is 3.82. The largest absolute Gasteiger partial charge is 0.358 e. The molecule has 0 saturated carbocycles. The number of nitriles is 1. The number of aromatic nitrogens is 1. The smallest absolute Gasteiger partial charge is 0.0670 e. The first-order chi connectivity index (χ1) is 7.26. The SMILES string of the molecule is CCc1[nH]c2cc(C)ccc2c1CC#N. The number of rotatable bonds is 2. The zero-order chi connectivity index (χ0) is 10.8. The summed E-state index contributed by atoms with van der Waals surface area (Å²) in [7, 11) is 0. The van der Waals surface area contributed by atoms with Crippen LogP contribution >= 0.6 is 0 Å². The highest BCUT2D eigenvalue weighted by atomic mass is 14.7. The van der Waals surface area contributed by atoms with Gasteiger partial charge in [-0.1, -0.05) is 19.1 Å². The van der Waals surface area contributed by atoms with E-state index in [-0.39, 0.29) is 0 Å². The van der Waals surface area contributed by atoms with E-state index in [0.717, 1.165) is 17.5 Å². The van der Waals surface area contributed by atoms with Crippen LogP contribution < -0.4 is 0 Å². The minimum absolute atomic E-state index is 0.492. The maximum atomic E-state index is 8.81. The third kappa shape index (κ3) is 1.61. The normalized spacial score (nSPS) is 10.5. The van der Waals surface area contributed by atoms with Crippen molar-refractivity contribution in [3.63, 3.8) is 0 Å². The first-order valence-electron chi connectivity index (χ1n) is 5.23. The van der Waals surface area contributed by atoms with Crippen molar-refractivity contribution >= 4 is 10.9 Å². The van der Waals surface area contributed by atoms with Gasteiger partial charge in [-0.3, -0.25) is 0 Å². The molecule has 0 saturated heterocycles. The Bertz CT molecular complexity index is 529. The van der Waals surface area contributed by atoms with Crippen molar-refractivity contribution in [2.75, 3.05) is 0 Å². The Morgan fingerprint density at radius 1 is 1.40 bits per heavy atom. The van der Waals surface area contributed by atoms with Crippen molar-refractivity contribution in [1.82, 2.24) is 4.98 Å². The fraction of sp³-hybridized carbons (Fsp3) is 0.308. The van der Waals surface area contributed by atoms with Gasteiger partial charge in [-0.2, -0.15) is 5.26 Å². The fourth-order valence-corrected chi connectivity index (χ4v) is 2.01. The van der Waals surface area contributed by atoms with E-state index in [2.05, 4.69) is 43.1 Å². The van der Waals surface area contributed by atoms with E-state index in [4.69, 9.17) is 5.26 Å². The van der Waals surface area contributed by atoms with E-state index in [1.807, 2.05) is 0 Å². The number of aromatic amines is 1. The Morgan fingerprint density at radius 3 is 2.87 bits per heavy atom. The van der Waals surface area contributed by atoms with Crippen LogP contribution in [0.1, 0.15) is 23.7 Å². The molecule has 1 heterocycles. The number of nitrogens with one attached hydrogen (secondary N) is 1. The zero-order valence-corrected chi connectivity index (χ0v) is 9.09. The maximum Gasteiger partial charge on any atom is 0.0670 e. The van der Waals surface area contributed by atoms with Crippen LogP contribution in [0.15, 0.2) is 18.2 Å². The van der Waals surface area contributed by atoms with Crippen LogP contribution in [0.5, 0.6) is 0 Å². The third-order valence-corrected chi connectivity index (χ3v) is 2.76. The van der Waals surface area contributed by atoms with Gasteiger partial charge < -0.3 is 4.98 Å². The molecule has 76 valence electrons. The monoisotopic (exact) mass is 198 g/mol. The average Bonchev–Trinajstić information content (AvgIpc) is 2.56. The number of hydrogen-bond acceptors (Lipinski definition) is 1. The molecular weight excluding hydrogens is 184 g/mol. The van der Waals surface area contributed by atoms with Gasteiger partial charge in [-0.15, -0.1) is 0 Å². The summed E-state index contributed by atoms with van der Waals surface area (Å²) < 4.78 is 0. The Hall–Kier alpha value is -1.75. The Morgan fingerprint density at radius 2 is 2.20 bits per heavy atom. The lowest BCUT2D eigenvalue weighted by Gasteiger charge is -1.96. The highest BCUT2D eigenvalue weighted by Gasteiger charge is 2.09. The molecule has 2 heteroatoms. The van der Waals surface area contributed by atoms with Crippen LogP contribution in [-0.4, -0.2) is 4.98 Å². The number of aryl methyl sites for hydroxylation is 2. The van der Waals surface area contributed by atoms with Gasteiger partial charge >= 0.3 is 0 Å². The Balaban J connectivity index is 2.70. The van der Waals surface area contributed by atoms with E-state index < -0.39 is 0 Å². The average molecular weight is 198 g/mol. The molecule has 2 nitrogen and oxygen atoms in total. The fourth-order valence-electron chi connectivity index (χ4n) is 2.01. The summed E-state index contributed by atoms with van der Waals surface area (Å²) in [5.41, 5.74) is 4.75. The minimum Gasteiger partial charge on any atom is -0.358 e. The number of hydrogen-bond donors (Lipinski definition) is 1. The van der Waals surface area contributed by atoms with Gasteiger partial charge in [-0.05, 0) is 30.5 Å². The highest BCUT2D eigenvalue weighted by molar-refractivity contribution is 5.85. The standard InChI is InChI=1S/C13H14N2/c1-3-12-11(6-7-14)10-5-4-9(2)8-13(10)15-12/h4-5,8,15H,3,6H2,1-2H3. The molecule has 0 amide bonds. The summed E-state index contributed by atoms with van der Waals surface area (Å²) in [4.78, 5) is 3.39. The van der Waals surface area contributed by atoms with Crippen molar-refractivity contribution in [3.05, 3.63) is 35.0 Å². The molecule has 15 heavy (non-hydrogen) atoms. The second-order valence-electron chi connectivity index (χ2n) is 3.82. The van der Waals surface area contributed by atoms with E-state index in [1.54, 1.807) is 0 Å². The highest BCUT2D eigenvalue weighted by Crippen LogP contribution is 2.24. The van der Waals surface area contributed by atoms with Gasteiger partial charge in [-0.25, -0.2) is 0 Å². The van der Waals surface area contributed by atoms with E-state index in [0.29, 0.717) is 6.42 Å². The molecule has 0 aliphatic heterocycles.